The van der Waals surface area contributed by atoms with Crippen molar-refractivity contribution < 1.29 is 0 Å². The topological polar surface area (TPSA) is 12.0 Å². The fourth-order valence-corrected chi connectivity index (χ4v) is 3.02. The van der Waals surface area contributed by atoms with Crippen LogP contribution in [-0.2, 0) is 12.8 Å². The number of nitrogens with one attached hydrogen (secondary N) is 1. The molecule has 20 heavy (non-hydrogen) atoms. The van der Waals surface area contributed by atoms with Gasteiger partial charge < -0.3 is 5.32 Å². The van der Waals surface area contributed by atoms with Crippen LogP contribution in [0.1, 0.15) is 11.1 Å². The molecule has 0 bridgehead atoms. The van der Waals surface area contributed by atoms with Crippen LogP contribution >= 0.6 is 23.2 Å². The Morgan fingerprint density at radius 1 is 0.900 bits per heavy atom. The first-order chi connectivity index (χ1) is 9.70. The van der Waals surface area contributed by atoms with Gasteiger partial charge >= 0.3 is 0 Å². The summed E-state index contributed by atoms with van der Waals surface area (Å²) in [7, 11) is 1.98. The fourth-order valence-electron chi connectivity index (χ4n) is 2.47. The molecule has 2 aromatic carbocycles. The van der Waals surface area contributed by atoms with Crippen molar-refractivity contribution >= 4 is 23.2 Å². The average Bonchev–Trinajstić information content (AvgIpc) is 2.44. The third-order valence-corrected chi connectivity index (χ3v) is 4.12. The van der Waals surface area contributed by atoms with Gasteiger partial charge in [-0.1, -0.05) is 59.6 Å². The molecule has 0 aliphatic rings. The van der Waals surface area contributed by atoms with E-state index in [-0.39, 0.29) is 0 Å². The molecule has 2 rings (SSSR count). The predicted octanol–water partition coefficient (Wildman–Crippen LogP) is 4.61. The van der Waals surface area contributed by atoms with Crippen LogP contribution in [-0.4, -0.2) is 13.6 Å². The van der Waals surface area contributed by atoms with Gasteiger partial charge in [0.1, 0.15) is 0 Å². The lowest BCUT2D eigenvalue weighted by Gasteiger charge is -2.18. The quantitative estimate of drug-likeness (QED) is 0.821. The van der Waals surface area contributed by atoms with Gasteiger partial charge in [0.2, 0.25) is 0 Å². The molecule has 0 spiro atoms. The number of hydrogen-bond donors (Lipinski definition) is 1. The largest absolute Gasteiger partial charge is 0.319 e. The van der Waals surface area contributed by atoms with Crippen molar-refractivity contribution in [1.29, 1.82) is 0 Å². The van der Waals surface area contributed by atoms with Gasteiger partial charge in [-0.15, -0.1) is 0 Å². The Balaban J connectivity index is 2.13. The van der Waals surface area contributed by atoms with Gasteiger partial charge in [0.25, 0.3) is 0 Å². The molecule has 0 aromatic heterocycles. The Hall–Kier alpha value is -1.02. The third kappa shape index (κ3) is 4.24. The molecule has 0 fully saturated rings. The van der Waals surface area contributed by atoms with Crippen molar-refractivity contribution in [3.8, 4) is 0 Å². The van der Waals surface area contributed by atoms with Crippen LogP contribution in [0.4, 0.5) is 0 Å². The van der Waals surface area contributed by atoms with E-state index in [0.29, 0.717) is 5.92 Å². The lowest BCUT2D eigenvalue weighted by molar-refractivity contribution is 0.493. The number of rotatable bonds is 6. The second-order valence-corrected chi connectivity index (χ2v) is 5.83. The maximum Gasteiger partial charge on any atom is 0.0452 e. The van der Waals surface area contributed by atoms with E-state index >= 15 is 0 Å². The molecule has 1 atom stereocenters. The van der Waals surface area contributed by atoms with E-state index in [4.69, 9.17) is 23.2 Å². The van der Waals surface area contributed by atoms with Crippen molar-refractivity contribution in [3.63, 3.8) is 0 Å². The normalized spacial score (nSPS) is 12.3. The highest BCUT2D eigenvalue weighted by Crippen LogP contribution is 2.27. The van der Waals surface area contributed by atoms with Crippen LogP contribution in [0.5, 0.6) is 0 Å². The van der Waals surface area contributed by atoms with Crippen LogP contribution < -0.4 is 5.32 Å². The molecule has 0 aliphatic heterocycles. The molecule has 0 heterocycles. The van der Waals surface area contributed by atoms with Gasteiger partial charge in [-0.25, -0.2) is 0 Å². The van der Waals surface area contributed by atoms with Gasteiger partial charge in [-0.2, -0.15) is 0 Å². The van der Waals surface area contributed by atoms with Gasteiger partial charge in [0.05, 0.1) is 0 Å². The Morgan fingerprint density at radius 2 is 1.55 bits per heavy atom. The van der Waals surface area contributed by atoms with Crippen molar-refractivity contribution in [2.75, 3.05) is 13.6 Å². The highest BCUT2D eigenvalue weighted by Gasteiger charge is 2.14. The molecule has 3 heteroatoms. The first kappa shape index (κ1) is 15.4. The number of halogens is 2. The van der Waals surface area contributed by atoms with Gasteiger partial charge in [0.15, 0.2) is 0 Å². The van der Waals surface area contributed by atoms with E-state index in [1.54, 1.807) is 0 Å². The monoisotopic (exact) mass is 307 g/mol. The van der Waals surface area contributed by atoms with Crippen molar-refractivity contribution in [1.82, 2.24) is 5.32 Å². The molecule has 0 radical (unpaired) electrons. The van der Waals surface area contributed by atoms with Crippen LogP contribution in [0.25, 0.3) is 0 Å². The lowest BCUT2D eigenvalue weighted by Crippen LogP contribution is -2.23. The number of hydrogen-bond acceptors (Lipinski definition) is 1. The maximum absolute atomic E-state index is 6.27. The molecule has 1 unspecified atom stereocenters. The summed E-state index contributed by atoms with van der Waals surface area (Å²) in [6.45, 7) is 0.941. The van der Waals surface area contributed by atoms with Crippen molar-refractivity contribution in [3.05, 3.63) is 69.7 Å². The summed E-state index contributed by atoms with van der Waals surface area (Å²) in [6, 6.07) is 16.2. The van der Waals surface area contributed by atoms with Gasteiger partial charge in [0, 0.05) is 10.0 Å². The minimum absolute atomic E-state index is 0.472. The summed E-state index contributed by atoms with van der Waals surface area (Å²) in [5.74, 6) is 0.472. The molecule has 1 nitrogen and oxygen atoms in total. The van der Waals surface area contributed by atoms with Crippen LogP contribution in [0.15, 0.2) is 48.5 Å². The minimum Gasteiger partial charge on any atom is -0.319 e. The van der Waals surface area contributed by atoms with Crippen LogP contribution in [0.3, 0.4) is 0 Å². The summed E-state index contributed by atoms with van der Waals surface area (Å²) in [5.41, 5.74) is 2.39. The summed E-state index contributed by atoms with van der Waals surface area (Å²) in [4.78, 5) is 0. The molecule has 0 aliphatic carbocycles. The summed E-state index contributed by atoms with van der Waals surface area (Å²) < 4.78 is 0. The summed E-state index contributed by atoms with van der Waals surface area (Å²) in [5, 5.41) is 4.77. The third-order valence-electron chi connectivity index (χ3n) is 3.41. The molecule has 2 aromatic rings. The molecule has 0 amide bonds. The van der Waals surface area contributed by atoms with E-state index in [1.807, 2.05) is 31.3 Å². The second kappa shape index (κ2) is 7.68. The fraction of sp³-hybridized carbons (Fsp3) is 0.294. The van der Waals surface area contributed by atoms with E-state index in [9.17, 15) is 0 Å². The Kier molecular flexibility index (Phi) is 5.90. The van der Waals surface area contributed by atoms with Crippen molar-refractivity contribution in [2.45, 2.75) is 12.8 Å². The van der Waals surface area contributed by atoms with E-state index < -0.39 is 0 Å². The molecular formula is C17H19Cl2N. The van der Waals surface area contributed by atoms with Crippen LogP contribution in [0.2, 0.25) is 10.0 Å². The molecular weight excluding hydrogens is 289 g/mol. The van der Waals surface area contributed by atoms with E-state index in [1.165, 1.54) is 5.56 Å². The molecule has 0 saturated heterocycles. The highest BCUT2D eigenvalue weighted by atomic mass is 35.5. The first-order valence-electron chi connectivity index (χ1n) is 6.82. The molecule has 106 valence electrons. The Bertz CT molecular complexity index is 520. The van der Waals surface area contributed by atoms with Gasteiger partial charge in [-0.3, -0.25) is 0 Å². The smallest absolute Gasteiger partial charge is 0.0452 e. The summed E-state index contributed by atoms with van der Waals surface area (Å²) >= 11 is 12.5. The van der Waals surface area contributed by atoms with Crippen LogP contribution in [0, 0.1) is 5.92 Å². The zero-order valence-electron chi connectivity index (χ0n) is 11.6. The van der Waals surface area contributed by atoms with E-state index in [2.05, 4.69) is 29.6 Å². The lowest BCUT2D eigenvalue weighted by atomic mass is 9.92. The summed E-state index contributed by atoms with van der Waals surface area (Å²) in [6.07, 6.45) is 1.90. The highest BCUT2D eigenvalue weighted by molar-refractivity contribution is 6.35. The Morgan fingerprint density at radius 3 is 2.15 bits per heavy atom. The second-order valence-electron chi connectivity index (χ2n) is 5.02. The van der Waals surface area contributed by atoms with Crippen molar-refractivity contribution in [2.24, 2.45) is 5.92 Å². The first-order valence-corrected chi connectivity index (χ1v) is 7.57. The standard InChI is InChI=1S/C17H19Cl2N/c1-20-12-14(10-13-6-3-2-4-7-13)11-15-16(18)8-5-9-17(15)19/h2-9,14,20H,10-12H2,1H3. The SMILES string of the molecule is CNCC(Cc1ccccc1)Cc1c(Cl)cccc1Cl. The maximum atomic E-state index is 6.27. The molecule has 1 N–H and O–H groups in total. The predicted molar refractivity (Wildman–Crippen MR) is 87.7 cm³/mol. The number of benzene rings is 2. The van der Waals surface area contributed by atoms with Gasteiger partial charge in [-0.05, 0) is 55.6 Å². The molecule has 0 saturated carbocycles. The minimum atomic E-state index is 0.472. The average molecular weight is 308 g/mol. The zero-order chi connectivity index (χ0) is 14.4. The Labute approximate surface area is 130 Å². The van der Waals surface area contributed by atoms with E-state index in [0.717, 1.165) is 35.0 Å². The zero-order valence-corrected chi connectivity index (χ0v) is 13.1.